The summed E-state index contributed by atoms with van der Waals surface area (Å²) in [5.74, 6) is 0. The summed E-state index contributed by atoms with van der Waals surface area (Å²) >= 11 is 1.30. The number of nitrogens with zero attached hydrogens (tertiary/aromatic N) is 3. The molecule has 0 bridgehead atoms. The Balaban J connectivity index is 1.92. The quantitative estimate of drug-likeness (QED) is 0.675. The largest absolute Gasteiger partial charge is 0.416 e. The van der Waals surface area contributed by atoms with Crippen LogP contribution in [0.5, 0.6) is 0 Å². The number of halogens is 3. The molecule has 3 aromatic rings. The van der Waals surface area contributed by atoms with Gasteiger partial charge in [0.05, 0.1) is 28.7 Å². The van der Waals surface area contributed by atoms with Gasteiger partial charge in [-0.1, -0.05) is 12.1 Å². The Morgan fingerprint density at radius 3 is 2.48 bits per heavy atom. The molecule has 0 aliphatic heterocycles. The zero-order chi connectivity index (χ0) is 16.6. The molecule has 0 atom stereocenters. The molecular weight excluding hydrogens is 327 g/mol. The zero-order valence-electron chi connectivity index (χ0n) is 11.8. The second-order valence-electron chi connectivity index (χ2n) is 4.81. The van der Waals surface area contributed by atoms with Crippen LogP contribution in [0.25, 0.3) is 16.4 Å². The van der Waals surface area contributed by atoms with Crippen molar-refractivity contribution >= 4 is 17.6 Å². The Labute approximate surface area is 133 Å². The van der Waals surface area contributed by atoms with Crippen LogP contribution in [0, 0.1) is 6.92 Å². The number of carbonyl (C=O) groups excluding carboxylic acids is 1. The van der Waals surface area contributed by atoms with Crippen LogP contribution in [0.4, 0.5) is 13.2 Å². The van der Waals surface area contributed by atoms with Crippen LogP contribution in [-0.4, -0.2) is 21.1 Å². The molecule has 1 aromatic carbocycles. The topological polar surface area (TPSA) is 47.8 Å². The smallest absolute Gasteiger partial charge is 0.298 e. The van der Waals surface area contributed by atoms with E-state index in [2.05, 4.69) is 10.1 Å². The number of thiazole rings is 1. The zero-order valence-corrected chi connectivity index (χ0v) is 12.6. The van der Waals surface area contributed by atoms with Crippen molar-refractivity contribution in [2.75, 3.05) is 0 Å². The second kappa shape index (κ2) is 5.62. The van der Waals surface area contributed by atoms with Crippen LogP contribution >= 0.6 is 11.3 Å². The molecule has 0 saturated carbocycles. The fourth-order valence-corrected chi connectivity index (χ4v) is 2.90. The number of aromatic nitrogens is 3. The SMILES string of the molecule is Cc1c(C=O)cnn1-c1nc(-c2ccc(C(F)(F)F)cc2)cs1. The third-order valence-corrected chi connectivity index (χ3v) is 4.17. The summed E-state index contributed by atoms with van der Waals surface area (Å²) in [6, 6.07) is 4.82. The molecule has 0 spiro atoms. The third-order valence-electron chi connectivity index (χ3n) is 3.36. The van der Waals surface area contributed by atoms with Crippen molar-refractivity contribution in [1.82, 2.24) is 14.8 Å². The van der Waals surface area contributed by atoms with Crippen LogP contribution in [0.2, 0.25) is 0 Å². The number of carbonyl (C=O) groups is 1. The third kappa shape index (κ3) is 2.89. The first-order valence-corrected chi connectivity index (χ1v) is 7.41. The number of hydrogen-bond acceptors (Lipinski definition) is 4. The van der Waals surface area contributed by atoms with Crippen LogP contribution < -0.4 is 0 Å². The van der Waals surface area contributed by atoms with E-state index >= 15 is 0 Å². The van der Waals surface area contributed by atoms with Gasteiger partial charge in [-0.15, -0.1) is 11.3 Å². The molecular formula is C15H10F3N3OS. The fraction of sp³-hybridized carbons (Fsp3) is 0.133. The van der Waals surface area contributed by atoms with E-state index in [0.29, 0.717) is 33.9 Å². The van der Waals surface area contributed by atoms with E-state index in [1.807, 2.05) is 0 Å². The lowest BCUT2D eigenvalue weighted by atomic mass is 10.1. The molecule has 0 aliphatic carbocycles. The van der Waals surface area contributed by atoms with Gasteiger partial charge in [-0.2, -0.15) is 18.3 Å². The number of alkyl halides is 3. The van der Waals surface area contributed by atoms with E-state index in [1.165, 1.54) is 34.3 Å². The minimum absolute atomic E-state index is 0.469. The number of hydrogen-bond donors (Lipinski definition) is 0. The maximum absolute atomic E-state index is 12.6. The standard InChI is InChI=1S/C15H10F3N3OS/c1-9-11(7-22)6-19-21(9)14-20-13(8-23-14)10-2-4-12(5-3-10)15(16,17)18/h2-8H,1H3. The summed E-state index contributed by atoms with van der Waals surface area (Å²) in [4.78, 5) is 15.2. The van der Waals surface area contributed by atoms with Crippen LogP contribution in [0.15, 0.2) is 35.8 Å². The predicted molar refractivity (Wildman–Crippen MR) is 79.8 cm³/mol. The van der Waals surface area contributed by atoms with E-state index in [-0.39, 0.29) is 0 Å². The van der Waals surface area contributed by atoms with E-state index in [1.54, 1.807) is 12.3 Å². The summed E-state index contributed by atoms with van der Waals surface area (Å²) in [5, 5.41) is 6.38. The van der Waals surface area contributed by atoms with Gasteiger partial charge >= 0.3 is 6.18 Å². The minimum atomic E-state index is -4.36. The van der Waals surface area contributed by atoms with Gasteiger partial charge < -0.3 is 0 Å². The van der Waals surface area contributed by atoms with Crippen molar-refractivity contribution in [3.05, 3.63) is 52.7 Å². The molecule has 0 N–H and O–H groups in total. The Morgan fingerprint density at radius 2 is 1.91 bits per heavy atom. The van der Waals surface area contributed by atoms with Crippen molar-refractivity contribution in [3.63, 3.8) is 0 Å². The van der Waals surface area contributed by atoms with Crippen LogP contribution in [-0.2, 0) is 6.18 Å². The van der Waals surface area contributed by atoms with Crippen molar-refractivity contribution in [2.45, 2.75) is 13.1 Å². The van der Waals surface area contributed by atoms with Crippen LogP contribution in [0.1, 0.15) is 21.6 Å². The lowest BCUT2D eigenvalue weighted by Gasteiger charge is -2.06. The molecule has 2 aromatic heterocycles. The van der Waals surface area contributed by atoms with E-state index in [4.69, 9.17) is 0 Å². The van der Waals surface area contributed by atoms with E-state index in [0.717, 1.165) is 12.1 Å². The fourth-order valence-electron chi connectivity index (χ4n) is 2.05. The first-order valence-electron chi connectivity index (χ1n) is 6.53. The van der Waals surface area contributed by atoms with Crippen LogP contribution in [0.3, 0.4) is 0 Å². The van der Waals surface area contributed by atoms with Gasteiger partial charge in [-0.05, 0) is 19.1 Å². The number of benzene rings is 1. The molecule has 2 heterocycles. The highest BCUT2D eigenvalue weighted by Crippen LogP contribution is 2.31. The maximum Gasteiger partial charge on any atom is 0.416 e. The maximum atomic E-state index is 12.6. The first-order chi connectivity index (χ1) is 10.9. The van der Waals surface area contributed by atoms with Gasteiger partial charge in [0, 0.05) is 10.9 Å². The lowest BCUT2D eigenvalue weighted by Crippen LogP contribution is -2.04. The summed E-state index contributed by atoms with van der Waals surface area (Å²) in [5.41, 5.74) is 1.57. The molecule has 118 valence electrons. The molecule has 0 amide bonds. The van der Waals surface area contributed by atoms with Crippen molar-refractivity contribution in [1.29, 1.82) is 0 Å². The molecule has 0 radical (unpaired) electrons. The van der Waals surface area contributed by atoms with Gasteiger partial charge in [0.2, 0.25) is 5.13 Å². The molecule has 3 rings (SSSR count). The van der Waals surface area contributed by atoms with Gasteiger partial charge in [0.25, 0.3) is 0 Å². The van der Waals surface area contributed by atoms with Gasteiger partial charge in [-0.25, -0.2) is 9.67 Å². The molecule has 0 unspecified atom stereocenters. The highest BCUT2D eigenvalue weighted by atomic mass is 32.1. The lowest BCUT2D eigenvalue weighted by molar-refractivity contribution is -0.137. The summed E-state index contributed by atoms with van der Waals surface area (Å²) in [6.07, 6.45) is -2.20. The summed E-state index contributed by atoms with van der Waals surface area (Å²) in [7, 11) is 0. The molecule has 4 nitrogen and oxygen atoms in total. The van der Waals surface area contributed by atoms with E-state index in [9.17, 15) is 18.0 Å². The Hall–Kier alpha value is -2.48. The minimum Gasteiger partial charge on any atom is -0.298 e. The number of rotatable bonds is 3. The Bertz CT molecular complexity index is 850. The van der Waals surface area contributed by atoms with Crippen molar-refractivity contribution in [2.24, 2.45) is 0 Å². The average Bonchev–Trinajstić information content (AvgIpc) is 3.13. The van der Waals surface area contributed by atoms with Gasteiger partial charge in [0.1, 0.15) is 0 Å². The van der Waals surface area contributed by atoms with Gasteiger partial charge in [-0.3, -0.25) is 4.79 Å². The number of aldehydes is 1. The molecule has 0 fully saturated rings. The van der Waals surface area contributed by atoms with Crippen molar-refractivity contribution in [3.8, 4) is 16.4 Å². The average molecular weight is 337 g/mol. The Morgan fingerprint density at radius 1 is 1.22 bits per heavy atom. The molecule has 8 heteroatoms. The monoisotopic (exact) mass is 337 g/mol. The Kier molecular flexibility index (Phi) is 3.77. The predicted octanol–water partition coefficient (Wildman–Crippen LogP) is 4.14. The molecule has 0 saturated heterocycles. The first kappa shape index (κ1) is 15.4. The highest BCUT2D eigenvalue weighted by Gasteiger charge is 2.30. The van der Waals surface area contributed by atoms with Gasteiger partial charge in [0.15, 0.2) is 6.29 Å². The summed E-state index contributed by atoms with van der Waals surface area (Å²) in [6.45, 7) is 1.75. The van der Waals surface area contributed by atoms with Crippen molar-refractivity contribution < 1.29 is 18.0 Å². The normalized spacial score (nSPS) is 11.7. The molecule has 0 aliphatic rings. The highest BCUT2D eigenvalue weighted by molar-refractivity contribution is 7.12. The summed E-state index contributed by atoms with van der Waals surface area (Å²) < 4.78 is 39.3. The van der Waals surface area contributed by atoms with E-state index < -0.39 is 11.7 Å². The molecule has 23 heavy (non-hydrogen) atoms. The second-order valence-corrected chi connectivity index (χ2v) is 5.64.